The molecule has 0 saturated carbocycles. The summed E-state index contributed by atoms with van der Waals surface area (Å²) < 4.78 is 28.5. The van der Waals surface area contributed by atoms with Gasteiger partial charge in [0.2, 0.25) is 0 Å². The maximum atomic E-state index is 12.1. The van der Waals surface area contributed by atoms with Crippen LogP contribution < -0.4 is 16.0 Å². The Morgan fingerprint density at radius 3 is 2.30 bits per heavy atom. The van der Waals surface area contributed by atoms with E-state index < -0.39 is 6.61 Å². The second-order valence-electron chi connectivity index (χ2n) is 4.10. The van der Waals surface area contributed by atoms with Crippen molar-refractivity contribution in [1.29, 1.82) is 0 Å². The van der Waals surface area contributed by atoms with Crippen molar-refractivity contribution in [2.75, 3.05) is 0 Å². The average Bonchev–Trinajstić information content (AvgIpc) is 2.41. The van der Waals surface area contributed by atoms with Crippen LogP contribution in [0.3, 0.4) is 0 Å². The summed E-state index contributed by atoms with van der Waals surface area (Å²) in [7, 11) is 0. The van der Waals surface area contributed by atoms with Crippen molar-refractivity contribution in [3.8, 4) is 5.75 Å². The molecule has 2 rings (SSSR count). The Balaban J connectivity index is 2.23. The van der Waals surface area contributed by atoms with E-state index in [0.717, 1.165) is 11.1 Å². The van der Waals surface area contributed by atoms with E-state index in [1.54, 1.807) is 24.3 Å². The summed E-state index contributed by atoms with van der Waals surface area (Å²) in [6, 6.07) is 13.2. The molecule has 106 valence electrons. The van der Waals surface area contributed by atoms with Gasteiger partial charge in [0, 0.05) is 5.02 Å². The maximum absolute atomic E-state index is 12.1. The van der Waals surface area contributed by atoms with Gasteiger partial charge in [-0.15, -0.1) is 0 Å². The van der Waals surface area contributed by atoms with Crippen LogP contribution >= 0.6 is 11.6 Å². The predicted molar refractivity (Wildman–Crippen MR) is 73.7 cm³/mol. The van der Waals surface area contributed by atoms with Gasteiger partial charge >= 0.3 is 6.61 Å². The van der Waals surface area contributed by atoms with Gasteiger partial charge < -0.3 is 4.74 Å². The van der Waals surface area contributed by atoms with Gasteiger partial charge in [-0.25, -0.2) is 5.43 Å². The van der Waals surface area contributed by atoms with Gasteiger partial charge in [-0.05, 0) is 35.4 Å². The highest BCUT2D eigenvalue weighted by Crippen LogP contribution is 2.25. The molecule has 3 nitrogen and oxygen atoms in total. The van der Waals surface area contributed by atoms with Gasteiger partial charge in [0.15, 0.2) is 0 Å². The molecule has 0 aliphatic heterocycles. The Kier molecular flexibility index (Phi) is 4.89. The minimum Gasteiger partial charge on any atom is -0.435 e. The summed E-state index contributed by atoms with van der Waals surface area (Å²) >= 11 is 5.94. The number of ether oxygens (including phenoxy) is 1. The Bertz CT molecular complexity index is 563. The summed E-state index contributed by atoms with van der Waals surface area (Å²) in [5, 5.41) is 0.598. The van der Waals surface area contributed by atoms with Crippen LogP contribution in [0.25, 0.3) is 0 Å². The first-order valence-corrected chi connectivity index (χ1v) is 6.24. The Morgan fingerprint density at radius 1 is 1.05 bits per heavy atom. The lowest BCUT2D eigenvalue weighted by molar-refractivity contribution is -0.0498. The van der Waals surface area contributed by atoms with Crippen molar-refractivity contribution < 1.29 is 13.5 Å². The number of nitrogens with one attached hydrogen (secondary N) is 1. The zero-order valence-corrected chi connectivity index (χ0v) is 11.1. The maximum Gasteiger partial charge on any atom is 0.387 e. The van der Waals surface area contributed by atoms with Crippen molar-refractivity contribution in [1.82, 2.24) is 5.43 Å². The molecule has 20 heavy (non-hydrogen) atoms. The van der Waals surface area contributed by atoms with E-state index in [2.05, 4.69) is 10.2 Å². The molecule has 0 saturated heterocycles. The lowest BCUT2D eigenvalue weighted by Crippen LogP contribution is -2.28. The first-order chi connectivity index (χ1) is 9.60. The monoisotopic (exact) mass is 298 g/mol. The number of rotatable bonds is 5. The highest BCUT2D eigenvalue weighted by Gasteiger charge is 2.13. The fraction of sp³-hybridized carbons (Fsp3) is 0.143. The van der Waals surface area contributed by atoms with Crippen molar-refractivity contribution >= 4 is 11.6 Å². The van der Waals surface area contributed by atoms with E-state index >= 15 is 0 Å². The van der Waals surface area contributed by atoms with Crippen molar-refractivity contribution in [3.63, 3.8) is 0 Å². The third-order valence-electron chi connectivity index (χ3n) is 2.79. The van der Waals surface area contributed by atoms with E-state index in [9.17, 15) is 8.78 Å². The van der Waals surface area contributed by atoms with Crippen LogP contribution in [-0.4, -0.2) is 6.61 Å². The Labute approximate surface area is 120 Å². The van der Waals surface area contributed by atoms with E-state index in [1.807, 2.05) is 12.1 Å². The Morgan fingerprint density at radius 2 is 1.75 bits per heavy atom. The molecule has 0 bridgehead atoms. The first kappa shape index (κ1) is 14.7. The van der Waals surface area contributed by atoms with E-state index in [1.165, 1.54) is 12.1 Å². The van der Waals surface area contributed by atoms with E-state index in [4.69, 9.17) is 17.4 Å². The third kappa shape index (κ3) is 3.66. The molecular formula is C14H13ClF2N2O. The summed E-state index contributed by atoms with van der Waals surface area (Å²) in [6.45, 7) is -2.84. The minimum atomic E-state index is -2.84. The van der Waals surface area contributed by atoms with Crippen molar-refractivity contribution in [3.05, 3.63) is 64.7 Å². The molecule has 0 aliphatic carbocycles. The van der Waals surface area contributed by atoms with Gasteiger partial charge in [0.05, 0.1) is 6.04 Å². The molecule has 0 amide bonds. The highest BCUT2D eigenvalue weighted by molar-refractivity contribution is 6.30. The lowest BCUT2D eigenvalue weighted by atomic mass is 9.99. The molecular weight excluding hydrogens is 286 g/mol. The highest BCUT2D eigenvalue weighted by atomic mass is 35.5. The summed E-state index contributed by atoms with van der Waals surface area (Å²) in [5.41, 5.74) is 4.37. The number of hydrazine groups is 1. The molecule has 0 fully saturated rings. The van der Waals surface area contributed by atoms with Crippen LogP contribution in [0, 0.1) is 0 Å². The van der Waals surface area contributed by atoms with Gasteiger partial charge in [0.1, 0.15) is 5.75 Å². The average molecular weight is 299 g/mol. The molecule has 1 unspecified atom stereocenters. The van der Waals surface area contributed by atoms with Gasteiger partial charge in [-0.1, -0.05) is 35.9 Å². The quantitative estimate of drug-likeness (QED) is 0.656. The molecule has 1 atom stereocenters. The van der Waals surface area contributed by atoms with Crippen LogP contribution in [0.1, 0.15) is 17.2 Å². The molecule has 2 aromatic carbocycles. The van der Waals surface area contributed by atoms with Gasteiger partial charge in [0.25, 0.3) is 0 Å². The predicted octanol–water partition coefficient (Wildman–Crippen LogP) is 3.49. The molecule has 3 N–H and O–H groups in total. The van der Waals surface area contributed by atoms with Crippen molar-refractivity contribution in [2.24, 2.45) is 5.84 Å². The molecule has 0 radical (unpaired) electrons. The fourth-order valence-corrected chi connectivity index (χ4v) is 2.11. The summed E-state index contributed by atoms with van der Waals surface area (Å²) in [5.74, 6) is 5.66. The summed E-state index contributed by atoms with van der Waals surface area (Å²) in [6.07, 6.45) is 0. The SMILES string of the molecule is NNC(c1ccc(OC(F)F)cc1)c1cccc(Cl)c1. The van der Waals surface area contributed by atoms with E-state index in [-0.39, 0.29) is 11.8 Å². The fourth-order valence-electron chi connectivity index (χ4n) is 1.91. The van der Waals surface area contributed by atoms with Crippen LogP contribution in [0.5, 0.6) is 5.75 Å². The Hall–Kier alpha value is -1.69. The molecule has 6 heteroatoms. The number of benzene rings is 2. The first-order valence-electron chi connectivity index (χ1n) is 5.86. The van der Waals surface area contributed by atoms with Crippen LogP contribution in [0.2, 0.25) is 5.02 Å². The van der Waals surface area contributed by atoms with Crippen LogP contribution in [0.4, 0.5) is 8.78 Å². The zero-order chi connectivity index (χ0) is 14.5. The topological polar surface area (TPSA) is 47.3 Å². The normalized spacial score (nSPS) is 12.4. The van der Waals surface area contributed by atoms with Crippen LogP contribution in [-0.2, 0) is 0 Å². The molecule has 0 heterocycles. The second kappa shape index (κ2) is 6.65. The summed E-state index contributed by atoms with van der Waals surface area (Å²) in [4.78, 5) is 0. The zero-order valence-electron chi connectivity index (χ0n) is 10.4. The molecule has 0 aromatic heterocycles. The van der Waals surface area contributed by atoms with Gasteiger partial charge in [-0.3, -0.25) is 5.84 Å². The minimum absolute atomic E-state index is 0.102. The van der Waals surface area contributed by atoms with Crippen LogP contribution in [0.15, 0.2) is 48.5 Å². The second-order valence-corrected chi connectivity index (χ2v) is 4.54. The smallest absolute Gasteiger partial charge is 0.387 e. The number of halogens is 3. The molecule has 0 spiro atoms. The third-order valence-corrected chi connectivity index (χ3v) is 3.02. The molecule has 0 aliphatic rings. The standard InChI is InChI=1S/C14H13ClF2N2O/c15-11-3-1-2-10(8-11)13(19-18)9-4-6-12(7-5-9)20-14(16)17/h1-8,13-14,19H,18H2. The van der Waals surface area contributed by atoms with E-state index in [0.29, 0.717) is 5.02 Å². The number of hydrogen-bond acceptors (Lipinski definition) is 3. The lowest BCUT2D eigenvalue weighted by Gasteiger charge is -2.17. The number of alkyl halides is 2. The largest absolute Gasteiger partial charge is 0.435 e. The van der Waals surface area contributed by atoms with Crippen molar-refractivity contribution in [2.45, 2.75) is 12.7 Å². The van der Waals surface area contributed by atoms with Gasteiger partial charge in [-0.2, -0.15) is 8.78 Å². The molecule has 2 aromatic rings. The number of hydrogen-bond donors (Lipinski definition) is 2. The number of nitrogens with two attached hydrogens (primary N) is 1.